The minimum Gasteiger partial charge on any atom is -0.492 e. The highest BCUT2D eigenvalue weighted by Crippen LogP contribution is 2.07. The molecule has 3 nitrogen and oxygen atoms in total. The number of amides is 1. The van der Waals surface area contributed by atoms with Gasteiger partial charge in [-0.05, 0) is 18.2 Å². The first-order chi connectivity index (χ1) is 6.70. The van der Waals surface area contributed by atoms with Crippen molar-refractivity contribution in [1.29, 1.82) is 0 Å². The van der Waals surface area contributed by atoms with E-state index in [2.05, 4.69) is 6.07 Å². The molecule has 0 atom stereocenters. The lowest BCUT2D eigenvalue weighted by Crippen LogP contribution is -2.28. The van der Waals surface area contributed by atoms with Gasteiger partial charge in [0, 0.05) is 14.0 Å². The molecule has 0 spiro atoms. The largest absolute Gasteiger partial charge is 0.492 e. The molecule has 0 saturated carbocycles. The van der Waals surface area contributed by atoms with E-state index in [9.17, 15) is 4.79 Å². The van der Waals surface area contributed by atoms with Crippen molar-refractivity contribution in [3.05, 3.63) is 30.3 Å². The van der Waals surface area contributed by atoms with Gasteiger partial charge in [-0.25, -0.2) is 0 Å². The first-order valence-corrected chi connectivity index (χ1v) is 4.51. The maximum atomic E-state index is 10.9. The predicted octanol–water partition coefficient (Wildman–Crippen LogP) is 1.34. The lowest BCUT2D eigenvalue weighted by Gasteiger charge is -2.14. The zero-order valence-corrected chi connectivity index (χ0v) is 8.49. The number of ether oxygens (including phenoxy) is 1. The molecule has 0 fully saturated rings. The van der Waals surface area contributed by atoms with Gasteiger partial charge in [-0.3, -0.25) is 4.79 Å². The number of nitrogens with zero attached hydrogens (tertiary/aromatic N) is 1. The highest BCUT2D eigenvalue weighted by atomic mass is 16.5. The lowest BCUT2D eigenvalue weighted by molar-refractivity contribution is -0.127. The smallest absolute Gasteiger partial charge is 0.219 e. The van der Waals surface area contributed by atoms with Crippen LogP contribution in [0.5, 0.6) is 5.75 Å². The fourth-order valence-corrected chi connectivity index (χ4v) is 0.926. The summed E-state index contributed by atoms with van der Waals surface area (Å²) in [5.74, 6) is 0.857. The summed E-state index contributed by atoms with van der Waals surface area (Å²) in [5.41, 5.74) is 0. The molecule has 1 amide bonds. The highest BCUT2D eigenvalue weighted by Gasteiger charge is 2.00. The molecule has 0 aliphatic carbocycles. The molecule has 14 heavy (non-hydrogen) atoms. The molecule has 0 aliphatic rings. The van der Waals surface area contributed by atoms with Crippen LogP contribution in [0.15, 0.2) is 24.3 Å². The summed E-state index contributed by atoms with van der Waals surface area (Å²) in [6.07, 6.45) is 0. The zero-order chi connectivity index (χ0) is 10.4. The van der Waals surface area contributed by atoms with Crippen molar-refractivity contribution in [2.24, 2.45) is 0 Å². The van der Waals surface area contributed by atoms with E-state index in [-0.39, 0.29) is 5.91 Å². The van der Waals surface area contributed by atoms with Gasteiger partial charge in [-0.15, -0.1) is 0 Å². The molecule has 0 bridgehead atoms. The first-order valence-electron chi connectivity index (χ1n) is 4.51. The van der Waals surface area contributed by atoms with Gasteiger partial charge in [-0.1, -0.05) is 12.1 Å². The van der Waals surface area contributed by atoms with Crippen LogP contribution in [-0.4, -0.2) is 31.0 Å². The van der Waals surface area contributed by atoms with Gasteiger partial charge in [0.15, 0.2) is 0 Å². The Morgan fingerprint density at radius 1 is 1.50 bits per heavy atom. The number of hydrogen-bond acceptors (Lipinski definition) is 2. The second kappa shape index (κ2) is 5.27. The monoisotopic (exact) mass is 192 g/mol. The Morgan fingerprint density at radius 2 is 2.14 bits per heavy atom. The van der Waals surface area contributed by atoms with Crippen LogP contribution in [0.4, 0.5) is 0 Å². The number of carbonyl (C=O) groups excluding carboxylic acids is 1. The molecular formula is C11H14NO2. The second-order valence-corrected chi connectivity index (χ2v) is 3.02. The van der Waals surface area contributed by atoms with Crippen molar-refractivity contribution in [3.8, 4) is 5.75 Å². The van der Waals surface area contributed by atoms with Crippen LogP contribution >= 0.6 is 0 Å². The maximum Gasteiger partial charge on any atom is 0.219 e. The van der Waals surface area contributed by atoms with Crippen molar-refractivity contribution >= 4 is 5.91 Å². The summed E-state index contributed by atoms with van der Waals surface area (Å²) in [4.78, 5) is 12.5. The minimum absolute atomic E-state index is 0.0509. The third kappa shape index (κ3) is 3.47. The predicted molar refractivity (Wildman–Crippen MR) is 54.1 cm³/mol. The number of hydrogen-bond donors (Lipinski definition) is 0. The van der Waals surface area contributed by atoms with Crippen LogP contribution in [0.3, 0.4) is 0 Å². The highest BCUT2D eigenvalue weighted by molar-refractivity contribution is 5.72. The summed E-state index contributed by atoms with van der Waals surface area (Å²) >= 11 is 0. The number of rotatable bonds is 4. The van der Waals surface area contributed by atoms with Crippen LogP contribution in [0.2, 0.25) is 0 Å². The molecule has 0 saturated heterocycles. The molecule has 1 rings (SSSR count). The van der Waals surface area contributed by atoms with Gasteiger partial charge in [-0.2, -0.15) is 0 Å². The average molecular weight is 192 g/mol. The normalized spacial score (nSPS) is 9.57. The average Bonchev–Trinajstić information content (AvgIpc) is 2.19. The maximum absolute atomic E-state index is 10.9. The van der Waals surface area contributed by atoms with E-state index in [4.69, 9.17) is 4.74 Å². The van der Waals surface area contributed by atoms with Crippen LogP contribution in [0.25, 0.3) is 0 Å². The summed E-state index contributed by atoms with van der Waals surface area (Å²) in [7, 11) is 1.75. The van der Waals surface area contributed by atoms with E-state index in [0.717, 1.165) is 5.75 Å². The molecule has 3 heteroatoms. The van der Waals surface area contributed by atoms with Gasteiger partial charge in [0.05, 0.1) is 6.54 Å². The molecule has 1 aromatic rings. The van der Waals surface area contributed by atoms with Crippen LogP contribution < -0.4 is 4.74 Å². The minimum atomic E-state index is 0.0509. The van der Waals surface area contributed by atoms with E-state index in [1.54, 1.807) is 24.1 Å². The number of carbonyl (C=O) groups is 1. The van der Waals surface area contributed by atoms with Crippen molar-refractivity contribution in [2.75, 3.05) is 20.2 Å². The second-order valence-electron chi connectivity index (χ2n) is 3.02. The SMILES string of the molecule is CC(=O)N(C)CCOc1cc[c]cc1. The Kier molecular flexibility index (Phi) is 3.98. The van der Waals surface area contributed by atoms with Gasteiger partial charge in [0.2, 0.25) is 5.91 Å². The van der Waals surface area contributed by atoms with E-state index < -0.39 is 0 Å². The number of benzene rings is 1. The third-order valence-corrected chi connectivity index (χ3v) is 1.92. The fourth-order valence-electron chi connectivity index (χ4n) is 0.926. The first kappa shape index (κ1) is 10.6. The molecule has 1 aromatic carbocycles. The molecule has 0 aromatic heterocycles. The molecular weight excluding hydrogens is 178 g/mol. The fraction of sp³-hybridized carbons (Fsp3) is 0.364. The van der Waals surface area contributed by atoms with Gasteiger partial charge >= 0.3 is 0 Å². The molecule has 75 valence electrons. The summed E-state index contributed by atoms with van der Waals surface area (Å²) < 4.78 is 5.41. The van der Waals surface area contributed by atoms with Crippen molar-refractivity contribution in [2.45, 2.75) is 6.92 Å². The van der Waals surface area contributed by atoms with Gasteiger partial charge < -0.3 is 9.64 Å². The van der Waals surface area contributed by atoms with Gasteiger partial charge in [0.1, 0.15) is 12.4 Å². The Balaban J connectivity index is 2.26. The quantitative estimate of drug-likeness (QED) is 0.720. The van der Waals surface area contributed by atoms with Crippen molar-refractivity contribution in [1.82, 2.24) is 4.90 Å². The zero-order valence-electron chi connectivity index (χ0n) is 8.49. The molecule has 0 N–H and O–H groups in total. The lowest BCUT2D eigenvalue weighted by atomic mass is 10.3. The molecule has 0 aliphatic heterocycles. The molecule has 0 unspecified atom stereocenters. The van der Waals surface area contributed by atoms with E-state index in [0.29, 0.717) is 13.2 Å². The third-order valence-electron chi connectivity index (χ3n) is 1.92. The van der Waals surface area contributed by atoms with E-state index >= 15 is 0 Å². The Bertz CT molecular complexity index is 285. The standard InChI is InChI=1S/C11H14NO2/c1-10(13)12(2)8-9-14-11-6-4-3-5-7-11/h4-7H,8-9H2,1-2H3. The Labute approximate surface area is 84.3 Å². The number of likely N-dealkylation sites (N-methyl/N-ethyl adjacent to an activating group) is 1. The van der Waals surface area contributed by atoms with Gasteiger partial charge in [0.25, 0.3) is 0 Å². The topological polar surface area (TPSA) is 29.5 Å². The Hall–Kier alpha value is -1.51. The molecule has 1 radical (unpaired) electrons. The summed E-state index contributed by atoms with van der Waals surface area (Å²) in [5, 5.41) is 0. The van der Waals surface area contributed by atoms with Crippen LogP contribution in [0, 0.1) is 6.07 Å². The van der Waals surface area contributed by atoms with Crippen LogP contribution in [0.1, 0.15) is 6.92 Å². The summed E-state index contributed by atoms with van der Waals surface area (Å²) in [6.45, 7) is 2.66. The van der Waals surface area contributed by atoms with Crippen LogP contribution in [-0.2, 0) is 4.79 Å². The van der Waals surface area contributed by atoms with E-state index in [1.165, 1.54) is 6.92 Å². The molecule has 0 heterocycles. The van der Waals surface area contributed by atoms with Crippen molar-refractivity contribution in [3.63, 3.8) is 0 Å². The summed E-state index contributed by atoms with van der Waals surface area (Å²) in [6, 6.07) is 10.2. The van der Waals surface area contributed by atoms with E-state index in [1.807, 2.05) is 12.1 Å². The Morgan fingerprint density at radius 3 is 2.71 bits per heavy atom. The van der Waals surface area contributed by atoms with Crippen molar-refractivity contribution < 1.29 is 9.53 Å².